The molecule has 3 saturated heterocycles. The van der Waals surface area contributed by atoms with Crippen LogP contribution in [0.25, 0.3) is 0 Å². The second-order valence-corrected chi connectivity index (χ2v) is 13.0. The second kappa shape index (κ2) is 8.22. The van der Waals surface area contributed by atoms with Gasteiger partial charge >= 0.3 is 0 Å². The molecular weight excluding hydrogens is 436 g/mol. The van der Waals surface area contributed by atoms with Gasteiger partial charge in [-0.1, -0.05) is 0 Å². The number of sulfonamides is 1. The highest BCUT2D eigenvalue weighted by Crippen LogP contribution is 2.24. The number of hydrogen-bond donors (Lipinski definition) is 2. The molecule has 2 atom stereocenters. The standard InChI is InChI=1S/C17H26N4O5S3/c22-17(19-15-11-28(23,24)12-16(15)20-3-1-2-4-20)14-9-13(10-18-14)29(25,26)21-5-7-27-8-6-21/h9-10,15-16,18H,1-8,11-12H2,(H,19,22). The van der Waals surface area contributed by atoms with Gasteiger partial charge < -0.3 is 10.3 Å². The van der Waals surface area contributed by atoms with Gasteiger partial charge in [0.15, 0.2) is 9.84 Å². The van der Waals surface area contributed by atoms with Crippen molar-refractivity contribution in [2.45, 2.75) is 29.8 Å². The van der Waals surface area contributed by atoms with Gasteiger partial charge in [0, 0.05) is 36.8 Å². The fourth-order valence-corrected chi connectivity index (χ4v) is 8.76. The Bertz CT molecular complexity index is 963. The Hall–Kier alpha value is -1.08. The lowest BCUT2D eigenvalue weighted by atomic mass is 10.1. The molecule has 0 aromatic carbocycles. The van der Waals surface area contributed by atoms with Crippen molar-refractivity contribution in [3.63, 3.8) is 0 Å². The topological polar surface area (TPSA) is 120 Å². The molecule has 29 heavy (non-hydrogen) atoms. The van der Waals surface area contributed by atoms with Gasteiger partial charge in [0.25, 0.3) is 5.91 Å². The summed E-state index contributed by atoms with van der Waals surface area (Å²) < 4.78 is 51.3. The highest BCUT2D eigenvalue weighted by atomic mass is 32.2. The van der Waals surface area contributed by atoms with Gasteiger partial charge in [-0.15, -0.1) is 0 Å². The molecule has 0 aliphatic carbocycles. The first-order valence-corrected chi connectivity index (χ1v) is 14.2. The van der Waals surface area contributed by atoms with Gasteiger partial charge in [-0.2, -0.15) is 16.1 Å². The maximum Gasteiger partial charge on any atom is 0.268 e. The van der Waals surface area contributed by atoms with Crippen molar-refractivity contribution in [1.29, 1.82) is 0 Å². The third kappa shape index (κ3) is 4.50. The second-order valence-electron chi connectivity index (χ2n) is 7.73. The molecule has 2 unspecified atom stereocenters. The van der Waals surface area contributed by atoms with Crippen molar-refractivity contribution >= 4 is 37.5 Å². The third-order valence-electron chi connectivity index (χ3n) is 5.76. The number of hydrogen-bond acceptors (Lipinski definition) is 7. The zero-order valence-electron chi connectivity index (χ0n) is 16.0. The highest BCUT2D eigenvalue weighted by Gasteiger charge is 2.42. The Morgan fingerprint density at radius 3 is 2.52 bits per heavy atom. The van der Waals surface area contributed by atoms with E-state index in [2.05, 4.69) is 15.2 Å². The Balaban J connectivity index is 1.47. The van der Waals surface area contributed by atoms with Crippen LogP contribution in [0.15, 0.2) is 17.2 Å². The van der Waals surface area contributed by atoms with E-state index in [1.165, 1.54) is 16.6 Å². The predicted molar refractivity (Wildman–Crippen MR) is 111 cm³/mol. The van der Waals surface area contributed by atoms with E-state index in [0.29, 0.717) is 13.1 Å². The summed E-state index contributed by atoms with van der Waals surface area (Å²) in [4.78, 5) is 17.7. The molecule has 3 aliphatic heterocycles. The lowest BCUT2D eigenvalue weighted by molar-refractivity contribution is 0.0914. The van der Waals surface area contributed by atoms with E-state index in [1.54, 1.807) is 11.8 Å². The van der Waals surface area contributed by atoms with Crippen molar-refractivity contribution < 1.29 is 21.6 Å². The van der Waals surface area contributed by atoms with Gasteiger partial charge in [-0.25, -0.2) is 16.8 Å². The average Bonchev–Trinajstić information content (AvgIpc) is 3.42. The number of thioether (sulfide) groups is 1. The van der Waals surface area contributed by atoms with Crippen LogP contribution in [0.5, 0.6) is 0 Å². The van der Waals surface area contributed by atoms with Gasteiger partial charge in [0.1, 0.15) is 10.6 Å². The van der Waals surface area contributed by atoms with Crippen LogP contribution in [-0.4, -0.2) is 98.2 Å². The average molecular weight is 463 g/mol. The summed E-state index contributed by atoms with van der Waals surface area (Å²) in [6.07, 6.45) is 3.39. The van der Waals surface area contributed by atoms with Crippen LogP contribution >= 0.6 is 11.8 Å². The molecule has 12 heteroatoms. The number of amides is 1. The fourth-order valence-electron chi connectivity index (χ4n) is 4.24. The number of nitrogens with one attached hydrogen (secondary N) is 2. The number of aromatic nitrogens is 1. The van der Waals surface area contributed by atoms with E-state index in [4.69, 9.17) is 0 Å². The summed E-state index contributed by atoms with van der Waals surface area (Å²) in [7, 11) is -6.85. The molecular formula is C17H26N4O5S3. The molecule has 1 aromatic heterocycles. The van der Waals surface area contributed by atoms with Crippen molar-refractivity contribution in [2.24, 2.45) is 0 Å². The lowest BCUT2D eigenvalue weighted by Gasteiger charge is -2.28. The monoisotopic (exact) mass is 462 g/mol. The van der Waals surface area contributed by atoms with Crippen molar-refractivity contribution in [1.82, 2.24) is 19.5 Å². The number of rotatable bonds is 5. The smallest absolute Gasteiger partial charge is 0.268 e. The summed E-state index contributed by atoms with van der Waals surface area (Å²) in [5.74, 6) is 0.995. The van der Waals surface area contributed by atoms with Crippen molar-refractivity contribution in [2.75, 3.05) is 49.2 Å². The molecule has 0 bridgehead atoms. The Morgan fingerprint density at radius 1 is 1.14 bits per heavy atom. The zero-order valence-corrected chi connectivity index (χ0v) is 18.5. The van der Waals surface area contributed by atoms with Crippen LogP contribution < -0.4 is 5.32 Å². The fraction of sp³-hybridized carbons (Fsp3) is 0.706. The van der Waals surface area contributed by atoms with E-state index in [-0.39, 0.29) is 28.1 Å². The zero-order chi connectivity index (χ0) is 20.6. The SMILES string of the molecule is O=C(NC1CS(=O)(=O)CC1N1CCCC1)c1cc(S(=O)(=O)N2CCSCC2)c[nH]1. The van der Waals surface area contributed by atoms with Crippen LogP contribution in [0.4, 0.5) is 0 Å². The number of sulfone groups is 1. The quantitative estimate of drug-likeness (QED) is 0.619. The van der Waals surface area contributed by atoms with Gasteiger partial charge in [-0.05, 0) is 32.0 Å². The van der Waals surface area contributed by atoms with Crippen LogP contribution in [0, 0.1) is 0 Å². The summed E-state index contributed by atoms with van der Waals surface area (Å²) in [5, 5.41) is 2.82. The van der Waals surface area contributed by atoms with Gasteiger partial charge in [0.05, 0.1) is 17.5 Å². The first kappa shape index (κ1) is 21.2. The number of nitrogens with zero attached hydrogens (tertiary/aromatic N) is 2. The number of H-pyrrole nitrogens is 1. The molecule has 1 amide bonds. The number of carbonyl (C=O) groups is 1. The first-order chi connectivity index (χ1) is 13.8. The molecule has 4 rings (SSSR count). The molecule has 1 aromatic rings. The minimum absolute atomic E-state index is 0.0509. The van der Waals surface area contributed by atoms with E-state index in [0.717, 1.165) is 37.4 Å². The van der Waals surface area contributed by atoms with Crippen molar-refractivity contribution in [3.05, 3.63) is 18.0 Å². The molecule has 0 radical (unpaired) electrons. The first-order valence-electron chi connectivity index (χ1n) is 9.78. The van der Waals surface area contributed by atoms with E-state index in [9.17, 15) is 21.6 Å². The van der Waals surface area contributed by atoms with Gasteiger partial charge in [-0.3, -0.25) is 9.69 Å². The summed E-state index contributed by atoms with van der Waals surface area (Å²) in [5.41, 5.74) is 0.124. The Labute approximate surface area is 175 Å². The number of aromatic amines is 1. The minimum Gasteiger partial charge on any atom is -0.356 e. The number of carbonyl (C=O) groups excluding carboxylic acids is 1. The highest BCUT2D eigenvalue weighted by molar-refractivity contribution is 7.99. The number of likely N-dealkylation sites (tertiary alicyclic amines) is 1. The largest absolute Gasteiger partial charge is 0.356 e. The molecule has 0 spiro atoms. The molecule has 2 N–H and O–H groups in total. The summed E-state index contributed by atoms with van der Waals surface area (Å²) in [6, 6.07) is 0.615. The normalized spacial score (nSPS) is 28.6. The van der Waals surface area contributed by atoms with Crippen molar-refractivity contribution in [3.8, 4) is 0 Å². The molecule has 0 saturated carbocycles. The van der Waals surface area contributed by atoms with Crippen LogP contribution in [0.1, 0.15) is 23.3 Å². The predicted octanol–water partition coefficient (Wildman–Crippen LogP) is -0.257. The summed E-state index contributed by atoms with van der Waals surface area (Å²) >= 11 is 1.72. The summed E-state index contributed by atoms with van der Waals surface area (Å²) in [6.45, 7) is 2.59. The third-order valence-corrected chi connectivity index (χ3v) is 10.3. The van der Waals surface area contributed by atoms with Crippen LogP contribution in [0.3, 0.4) is 0 Å². The molecule has 4 heterocycles. The maximum absolute atomic E-state index is 12.8. The van der Waals surface area contributed by atoms with E-state index >= 15 is 0 Å². The molecule has 162 valence electrons. The Morgan fingerprint density at radius 2 is 1.83 bits per heavy atom. The molecule has 9 nitrogen and oxygen atoms in total. The van der Waals surface area contributed by atoms with Crippen LogP contribution in [-0.2, 0) is 19.9 Å². The maximum atomic E-state index is 12.8. The molecule has 3 fully saturated rings. The lowest BCUT2D eigenvalue weighted by Crippen LogP contribution is -2.50. The van der Waals surface area contributed by atoms with E-state index in [1.807, 2.05) is 0 Å². The van der Waals surface area contributed by atoms with E-state index < -0.39 is 31.8 Å². The minimum atomic E-state index is -3.64. The van der Waals surface area contributed by atoms with Gasteiger partial charge in [0.2, 0.25) is 10.0 Å². The Kier molecular flexibility index (Phi) is 6.00. The van der Waals surface area contributed by atoms with Crippen LogP contribution in [0.2, 0.25) is 0 Å². The molecule has 3 aliphatic rings.